The standard InChI is InChI=1S/C15H18N2O4/c1-10(18)21-9-15(20)16-8-14(19)12-3-4-13-11(7-12)5-6-17(13)2/h3-7,14,19H,8-9H2,1-2H3,(H,16,20)/t14-/m0/s1. The lowest BCUT2D eigenvalue weighted by atomic mass is 10.1. The van der Waals surface area contributed by atoms with Crippen LogP contribution >= 0.6 is 0 Å². The number of hydrogen-bond donors (Lipinski definition) is 2. The number of aromatic nitrogens is 1. The maximum Gasteiger partial charge on any atom is 0.303 e. The molecule has 1 aromatic heterocycles. The van der Waals surface area contributed by atoms with Crippen molar-refractivity contribution in [3.63, 3.8) is 0 Å². The molecule has 0 spiro atoms. The molecule has 6 nitrogen and oxygen atoms in total. The summed E-state index contributed by atoms with van der Waals surface area (Å²) in [6.07, 6.45) is 1.14. The van der Waals surface area contributed by atoms with E-state index in [0.717, 1.165) is 16.5 Å². The molecule has 1 aromatic carbocycles. The highest BCUT2D eigenvalue weighted by molar-refractivity contribution is 5.81. The Morgan fingerprint density at radius 3 is 2.86 bits per heavy atom. The molecule has 0 radical (unpaired) electrons. The minimum atomic E-state index is -0.809. The van der Waals surface area contributed by atoms with Gasteiger partial charge in [-0.3, -0.25) is 9.59 Å². The van der Waals surface area contributed by atoms with Crippen LogP contribution < -0.4 is 5.32 Å². The zero-order valence-corrected chi connectivity index (χ0v) is 12.0. The van der Waals surface area contributed by atoms with E-state index in [1.165, 1.54) is 6.92 Å². The van der Waals surface area contributed by atoms with Gasteiger partial charge in [-0.25, -0.2) is 0 Å². The summed E-state index contributed by atoms with van der Waals surface area (Å²) in [5, 5.41) is 13.6. The molecule has 2 rings (SSSR count). The summed E-state index contributed by atoms with van der Waals surface area (Å²) in [6.45, 7) is 0.968. The Morgan fingerprint density at radius 1 is 1.38 bits per heavy atom. The highest BCUT2D eigenvalue weighted by Gasteiger charge is 2.11. The molecule has 0 aliphatic carbocycles. The highest BCUT2D eigenvalue weighted by Crippen LogP contribution is 2.20. The van der Waals surface area contributed by atoms with E-state index in [2.05, 4.69) is 10.1 Å². The number of carbonyl (C=O) groups excluding carboxylic acids is 2. The number of aliphatic hydroxyl groups excluding tert-OH is 1. The molecule has 0 bridgehead atoms. The minimum Gasteiger partial charge on any atom is -0.456 e. The number of rotatable bonds is 5. The van der Waals surface area contributed by atoms with Crippen LogP contribution in [0.3, 0.4) is 0 Å². The predicted molar refractivity (Wildman–Crippen MR) is 77.5 cm³/mol. The summed E-state index contributed by atoms with van der Waals surface area (Å²) in [5.74, 6) is -0.953. The van der Waals surface area contributed by atoms with E-state index in [-0.39, 0.29) is 13.2 Å². The minimum absolute atomic E-state index is 0.0679. The van der Waals surface area contributed by atoms with Crippen LogP contribution in [-0.4, -0.2) is 34.7 Å². The second-order valence-corrected chi connectivity index (χ2v) is 4.85. The van der Waals surface area contributed by atoms with Crippen LogP contribution in [0.15, 0.2) is 30.5 Å². The van der Waals surface area contributed by atoms with E-state index < -0.39 is 18.0 Å². The number of aryl methyl sites for hydroxylation is 1. The van der Waals surface area contributed by atoms with Crippen LogP contribution in [-0.2, 0) is 21.4 Å². The SMILES string of the molecule is CC(=O)OCC(=O)NC[C@H](O)c1ccc2c(ccn2C)c1. The molecule has 0 fully saturated rings. The first-order chi connectivity index (χ1) is 9.97. The molecule has 1 atom stereocenters. The highest BCUT2D eigenvalue weighted by atomic mass is 16.5. The molecule has 0 saturated heterocycles. The zero-order chi connectivity index (χ0) is 15.4. The van der Waals surface area contributed by atoms with Crippen molar-refractivity contribution in [2.45, 2.75) is 13.0 Å². The van der Waals surface area contributed by atoms with Crippen LogP contribution in [0, 0.1) is 0 Å². The van der Waals surface area contributed by atoms with E-state index >= 15 is 0 Å². The van der Waals surface area contributed by atoms with E-state index in [1.807, 2.05) is 42.1 Å². The molecule has 0 saturated carbocycles. The van der Waals surface area contributed by atoms with Crippen molar-refractivity contribution in [1.29, 1.82) is 0 Å². The maximum atomic E-state index is 11.4. The first-order valence-electron chi connectivity index (χ1n) is 6.60. The van der Waals surface area contributed by atoms with Crippen LogP contribution in [0.2, 0.25) is 0 Å². The summed E-state index contributed by atoms with van der Waals surface area (Å²) >= 11 is 0. The predicted octanol–water partition coefficient (Wildman–Crippen LogP) is 0.891. The fourth-order valence-electron chi connectivity index (χ4n) is 2.05. The average Bonchev–Trinajstić information content (AvgIpc) is 2.83. The van der Waals surface area contributed by atoms with Gasteiger partial charge in [-0.15, -0.1) is 0 Å². The first-order valence-corrected chi connectivity index (χ1v) is 6.60. The number of esters is 1. The fraction of sp³-hybridized carbons (Fsp3) is 0.333. The number of fused-ring (bicyclic) bond motifs is 1. The van der Waals surface area contributed by atoms with E-state index in [0.29, 0.717) is 0 Å². The summed E-state index contributed by atoms with van der Waals surface area (Å²) in [7, 11) is 1.95. The van der Waals surface area contributed by atoms with Crippen molar-refractivity contribution >= 4 is 22.8 Å². The monoisotopic (exact) mass is 290 g/mol. The lowest BCUT2D eigenvalue weighted by molar-refractivity contribution is -0.146. The van der Waals surface area contributed by atoms with Gasteiger partial charge in [0.1, 0.15) is 0 Å². The number of carbonyl (C=O) groups is 2. The average molecular weight is 290 g/mol. The van der Waals surface area contributed by atoms with Gasteiger partial charge in [-0.2, -0.15) is 0 Å². The van der Waals surface area contributed by atoms with Gasteiger partial charge >= 0.3 is 5.97 Å². The Hall–Kier alpha value is -2.34. The molecule has 0 unspecified atom stereocenters. The van der Waals surface area contributed by atoms with Crippen molar-refractivity contribution in [2.24, 2.45) is 7.05 Å². The van der Waals surface area contributed by atoms with Gasteiger partial charge in [0.15, 0.2) is 6.61 Å². The maximum absolute atomic E-state index is 11.4. The van der Waals surface area contributed by atoms with Crippen LogP contribution in [0.5, 0.6) is 0 Å². The van der Waals surface area contributed by atoms with Crippen molar-refractivity contribution in [2.75, 3.05) is 13.2 Å². The molecule has 2 aromatic rings. The number of benzene rings is 1. The number of nitrogens with zero attached hydrogens (tertiary/aromatic N) is 1. The molecule has 2 N–H and O–H groups in total. The Labute approximate surface area is 122 Å². The largest absolute Gasteiger partial charge is 0.456 e. The second kappa shape index (κ2) is 6.41. The second-order valence-electron chi connectivity index (χ2n) is 4.85. The van der Waals surface area contributed by atoms with Gasteiger partial charge in [-0.1, -0.05) is 6.07 Å². The summed E-state index contributed by atoms with van der Waals surface area (Å²) in [5.41, 5.74) is 1.80. The molecule has 0 aliphatic rings. The van der Waals surface area contributed by atoms with Gasteiger partial charge in [0, 0.05) is 32.2 Å². The zero-order valence-electron chi connectivity index (χ0n) is 12.0. The fourth-order valence-corrected chi connectivity index (χ4v) is 2.05. The number of nitrogens with one attached hydrogen (secondary N) is 1. The number of ether oxygens (including phenoxy) is 1. The van der Waals surface area contributed by atoms with Crippen molar-refractivity contribution < 1.29 is 19.4 Å². The normalized spacial score (nSPS) is 12.1. The third-order valence-electron chi connectivity index (χ3n) is 3.19. The van der Waals surface area contributed by atoms with Crippen LogP contribution in [0.4, 0.5) is 0 Å². The molecule has 1 heterocycles. The third-order valence-corrected chi connectivity index (χ3v) is 3.19. The Balaban J connectivity index is 1.94. The Kier molecular flexibility index (Phi) is 4.59. The molecular weight excluding hydrogens is 272 g/mol. The van der Waals surface area contributed by atoms with Gasteiger partial charge in [-0.05, 0) is 29.1 Å². The molecule has 6 heteroatoms. The smallest absolute Gasteiger partial charge is 0.303 e. The van der Waals surface area contributed by atoms with Gasteiger partial charge in [0.2, 0.25) is 0 Å². The summed E-state index contributed by atoms with van der Waals surface area (Å²) in [6, 6.07) is 7.60. The van der Waals surface area contributed by atoms with E-state index in [1.54, 1.807) is 0 Å². The third kappa shape index (κ3) is 3.82. The van der Waals surface area contributed by atoms with Gasteiger partial charge in [0.05, 0.1) is 6.10 Å². The summed E-state index contributed by atoms with van der Waals surface area (Å²) < 4.78 is 6.56. The van der Waals surface area contributed by atoms with E-state index in [9.17, 15) is 14.7 Å². The molecule has 112 valence electrons. The Bertz CT molecular complexity index is 663. The topological polar surface area (TPSA) is 80.6 Å². The molecule has 1 amide bonds. The molecule has 0 aliphatic heterocycles. The van der Waals surface area contributed by atoms with Crippen molar-refractivity contribution in [1.82, 2.24) is 9.88 Å². The first kappa shape index (κ1) is 15.1. The summed E-state index contributed by atoms with van der Waals surface area (Å²) in [4.78, 5) is 22.0. The number of amides is 1. The quantitative estimate of drug-likeness (QED) is 0.801. The van der Waals surface area contributed by atoms with Crippen LogP contribution in [0.25, 0.3) is 10.9 Å². The molecular formula is C15H18N2O4. The number of aliphatic hydroxyl groups is 1. The van der Waals surface area contributed by atoms with Gasteiger partial charge in [0.25, 0.3) is 5.91 Å². The lowest BCUT2D eigenvalue weighted by Gasteiger charge is -2.12. The lowest BCUT2D eigenvalue weighted by Crippen LogP contribution is -2.32. The van der Waals surface area contributed by atoms with Crippen molar-refractivity contribution in [3.05, 3.63) is 36.0 Å². The van der Waals surface area contributed by atoms with Crippen LogP contribution in [0.1, 0.15) is 18.6 Å². The van der Waals surface area contributed by atoms with Crippen molar-refractivity contribution in [3.8, 4) is 0 Å². The van der Waals surface area contributed by atoms with Gasteiger partial charge < -0.3 is 19.7 Å². The molecule has 21 heavy (non-hydrogen) atoms. The number of hydrogen-bond acceptors (Lipinski definition) is 4. The van der Waals surface area contributed by atoms with E-state index in [4.69, 9.17) is 0 Å². The Morgan fingerprint density at radius 2 is 2.14 bits per heavy atom.